The molecule has 3 unspecified atom stereocenters. The smallest absolute Gasteiger partial charge is 0.216 e. The zero-order valence-electron chi connectivity index (χ0n) is 25.8. The van der Waals surface area contributed by atoms with Crippen molar-refractivity contribution >= 4 is 33.0 Å². The van der Waals surface area contributed by atoms with E-state index in [9.17, 15) is 0 Å². The maximum Gasteiger partial charge on any atom is 0.216 e. The van der Waals surface area contributed by atoms with E-state index in [0.717, 1.165) is 32.1 Å². The van der Waals surface area contributed by atoms with E-state index in [1.165, 1.54) is 0 Å². The molecular formula is C26H62O3Si4. The summed E-state index contributed by atoms with van der Waals surface area (Å²) in [7, 11) is -7.55. The fourth-order valence-corrected chi connectivity index (χ4v) is 18.9. The van der Waals surface area contributed by atoms with E-state index in [-0.39, 0.29) is 21.6 Å². The highest BCUT2D eigenvalue weighted by Gasteiger charge is 2.57. The summed E-state index contributed by atoms with van der Waals surface area (Å²) in [5, 5.41) is -0.112. The number of rotatable bonds is 15. The summed E-state index contributed by atoms with van der Waals surface area (Å²) in [6.07, 6.45) is 5.50. The second-order valence-corrected chi connectivity index (χ2v) is 32.2. The Morgan fingerprint density at radius 3 is 1.33 bits per heavy atom. The minimum atomic E-state index is -2.18. The highest BCUT2D eigenvalue weighted by molar-refractivity contribution is 6.81. The SMILES string of the molecule is CCC(O[Si](C)(C)C(C)(CC)O[Si](C)(C)C)C(C)(CC)[Si](C)(C)OC(CC)(CC)[Si](C)(C)C. The molecule has 0 spiro atoms. The summed E-state index contributed by atoms with van der Waals surface area (Å²) >= 11 is 0. The van der Waals surface area contributed by atoms with Crippen LogP contribution in [0, 0.1) is 0 Å². The molecule has 0 amide bonds. The normalized spacial score (nSPS) is 19.2. The number of hydrogen-bond donors (Lipinski definition) is 0. The van der Waals surface area contributed by atoms with E-state index < -0.39 is 33.0 Å². The molecule has 0 radical (unpaired) electrons. The van der Waals surface area contributed by atoms with Crippen molar-refractivity contribution in [3.63, 3.8) is 0 Å². The van der Waals surface area contributed by atoms with Gasteiger partial charge in [-0.05, 0) is 84.9 Å². The van der Waals surface area contributed by atoms with E-state index >= 15 is 0 Å². The van der Waals surface area contributed by atoms with Gasteiger partial charge in [0, 0.05) is 10.3 Å². The topological polar surface area (TPSA) is 27.7 Å². The first-order valence-electron chi connectivity index (χ1n) is 13.7. The van der Waals surface area contributed by atoms with Crippen LogP contribution < -0.4 is 0 Å². The molecule has 0 aliphatic heterocycles. The minimum Gasteiger partial charge on any atom is -0.414 e. The molecule has 3 atom stereocenters. The molecule has 200 valence electrons. The van der Waals surface area contributed by atoms with Gasteiger partial charge in [0.15, 0.2) is 16.6 Å². The van der Waals surface area contributed by atoms with Gasteiger partial charge in [0.1, 0.15) is 0 Å². The predicted molar refractivity (Wildman–Crippen MR) is 160 cm³/mol. The quantitative estimate of drug-likeness (QED) is 0.196. The van der Waals surface area contributed by atoms with Gasteiger partial charge in [-0.15, -0.1) is 0 Å². The summed E-state index contributed by atoms with van der Waals surface area (Å²) in [6, 6.07) is 0. The Hall–Kier alpha value is 0.748. The molecule has 0 aromatic rings. The molecule has 3 nitrogen and oxygen atoms in total. The van der Waals surface area contributed by atoms with E-state index in [1.807, 2.05) is 0 Å². The molecular weight excluding hydrogens is 473 g/mol. The number of hydrogen-bond acceptors (Lipinski definition) is 3. The van der Waals surface area contributed by atoms with Crippen LogP contribution in [0.25, 0.3) is 0 Å². The van der Waals surface area contributed by atoms with Gasteiger partial charge in [-0.2, -0.15) is 0 Å². The predicted octanol–water partition coefficient (Wildman–Crippen LogP) is 9.37. The molecule has 0 N–H and O–H groups in total. The van der Waals surface area contributed by atoms with E-state index in [4.69, 9.17) is 13.3 Å². The zero-order valence-corrected chi connectivity index (χ0v) is 29.8. The van der Waals surface area contributed by atoms with Crippen molar-refractivity contribution < 1.29 is 13.3 Å². The fourth-order valence-electron chi connectivity index (χ4n) is 5.69. The van der Waals surface area contributed by atoms with Crippen LogP contribution in [0.4, 0.5) is 0 Å². The summed E-state index contributed by atoms with van der Waals surface area (Å²) in [4.78, 5) is 0. The van der Waals surface area contributed by atoms with Crippen molar-refractivity contribution in [2.24, 2.45) is 0 Å². The Bertz CT molecular complexity index is 606. The molecule has 0 heterocycles. The molecule has 33 heavy (non-hydrogen) atoms. The second kappa shape index (κ2) is 11.4. The van der Waals surface area contributed by atoms with Crippen LogP contribution in [0.2, 0.25) is 70.5 Å². The first-order chi connectivity index (χ1) is 14.6. The van der Waals surface area contributed by atoms with Gasteiger partial charge < -0.3 is 13.3 Å². The summed E-state index contributed by atoms with van der Waals surface area (Å²) < 4.78 is 21.6. The van der Waals surface area contributed by atoms with Crippen molar-refractivity contribution in [2.45, 2.75) is 168 Å². The van der Waals surface area contributed by atoms with Gasteiger partial charge in [-0.1, -0.05) is 61.2 Å². The molecule has 0 saturated carbocycles. The molecule has 0 saturated heterocycles. The Balaban J connectivity index is 6.35. The van der Waals surface area contributed by atoms with Gasteiger partial charge in [0.2, 0.25) is 8.32 Å². The molecule has 0 aliphatic carbocycles. The van der Waals surface area contributed by atoms with Gasteiger partial charge in [-0.3, -0.25) is 0 Å². The molecule has 0 rings (SSSR count). The van der Waals surface area contributed by atoms with Crippen molar-refractivity contribution in [2.75, 3.05) is 0 Å². The Kier molecular flexibility index (Phi) is 11.7. The summed E-state index contributed by atoms with van der Waals surface area (Å²) in [5.41, 5.74) is 0. The molecule has 0 aromatic heterocycles. The van der Waals surface area contributed by atoms with E-state index in [1.54, 1.807) is 0 Å². The van der Waals surface area contributed by atoms with Crippen LogP contribution in [0.1, 0.15) is 80.6 Å². The van der Waals surface area contributed by atoms with Crippen LogP contribution in [0.3, 0.4) is 0 Å². The largest absolute Gasteiger partial charge is 0.414 e. The first kappa shape index (κ1) is 33.7. The maximum atomic E-state index is 7.45. The van der Waals surface area contributed by atoms with Gasteiger partial charge in [0.05, 0.1) is 19.4 Å². The monoisotopic (exact) mass is 534 g/mol. The van der Waals surface area contributed by atoms with Crippen LogP contribution >= 0.6 is 0 Å². The van der Waals surface area contributed by atoms with Crippen molar-refractivity contribution in [3.8, 4) is 0 Å². The lowest BCUT2D eigenvalue weighted by molar-refractivity contribution is 0.0539. The molecule has 0 aliphatic rings. The first-order valence-corrected chi connectivity index (χ1v) is 26.4. The molecule has 0 aromatic carbocycles. The van der Waals surface area contributed by atoms with Gasteiger partial charge in [-0.25, -0.2) is 0 Å². The van der Waals surface area contributed by atoms with Gasteiger partial charge in [0.25, 0.3) is 0 Å². The average Bonchev–Trinajstić information content (AvgIpc) is 2.66. The van der Waals surface area contributed by atoms with Crippen molar-refractivity contribution in [1.82, 2.24) is 0 Å². The molecule has 7 heteroatoms. The Labute approximate surface area is 213 Å². The molecule has 0 bridgehead atoms. The zero-order chi connectivity index (χ0) is 26.7. The lowest BCUT2D eigenvalue weighted by atomic mass is 9.98. The standard InChI is InChI=1S/C26H62O3Si4/c1-18-23(27-33(16,17)25(7,20-3)28-31(11,12)13)24(6,19-2)32(14,15)29-26(21-4,22-5)30(8,9)10/h23H,18-22H2,1-17H3. The van der Waals surface area contributed by atoms with E-state index in [0.29, 0.717) is 0 Å². The fraction of sp³-hybridized carbons (Fsp3) is 1.00. The lowest BCUT2D eigenvalue weighted by Crippen LogP contribution is -2.65. The van der Waals surface area contributed by atoms with Crippen LogP contribution in [0.5, 0.6) is 0 Å². The Morgan fingerprint density at radius 2 is 1.06 bits per heavy atom. The third-order valence-electron chi connectivity index (χ3n) is 9.07. The van der Waals surface area contributed by atoms with Crippen LogP contribution in [-0.2, 0) is 13.3 Å². The molecule has 0 fully saturated rings. The highest BCUT2D eigenvalue weighted by Crippen LogP contribution is 2.52. The third kappa shape index (κ3) is 7.39. The highest BCUT2D eigenvalue weighted by atomic mass is 28.4. The second-order valence-electron chi connectivity index (χ2n) is 13.7. The van der Waals surface area contributed by atoms with Crippen molar-refractivity contribution in [1.29, 1.82) is 0 Å². The summed E-state index contributed by atoms with van der Waals surface area (Å²) in [6.45, 7) is 40.4. The maximum absolute atomic E-state index is 7.45. The third-order valence-corrected chi connectivity index (χ3v) is 22.3. The van der Waals surface area contributed by atoms with E-state index in [2.05, 4.69) is 114 Å². The average molecular weight is 535 g/mol. The summed E-state index contributed by atoms with van der Waals surface area (Å²) in [5.74, 6) is 0. The van der Waals surface area contributed by atoms with Crippen LogP contribution in [-0.4, -0.2) is 49.6 Å². The van der Waals surface area contributed by atoms with Crippen LogP contribution in [0.15, 0.2) is 0 Å². The Morgan fingerprint density at radius 1 is 0.606 bits per heavy atom. The van der Waals surface area contributed by atoms with Crippen molar-refractivity contribution in [3.05, 3.63) is 0 Å². The lowest BCUT2D eigenvalue weighted by Gasteiger charge is -2.56. The van der Waals surface area contributed by atoms with Gasteiger partial charge >= 0.3 is 0 Å². The minimum absolute atomic E-state index is 0.0310.